The van der Waals surface area contributed by atoms with Gasteiger partial charge in [0, 0.05) is 12.6 Å². The van der Waals surface area contributed by atoms with E-state index in [1.54, 1.807) is 48.5 Å². The van der Waals surface area contributed by atoms with E-state index in [2.05, 4.69) is 5.32 Å². The van der Waals surface area contributed by atoms with Crippen LogP contribution in [-0.2, 0) is 10.0 Å². The Morgan fingerprint density at radius 1 is 0.735 bits per heavy atom. The van der Waals surface area contributed by atoms with Gasteiger partial charge in [0.25, 0.3) is 15.9 Å². The standard InChI is InChI=1S/C28H26N2O3S/c1-21-13-19-26(20-14-21)34(32,33)30(2)25-17-15-24(16-18-25)28(31)29-27(22-9-5-3-6-10-22)23-11-7-4-8-12-23/h3-20,27H,1-2H3,(H,29,31). The van der Waals surface area contributed by atoms with Crippen LogP contribution in [0.5, 0.6) is 0 Å². The second-order valence-corrected chi connectivity index (χ2v) is 10.0. The van der Waals surface area contributed by atoms with Crippen LogP contribution < -0.4 is 9.62 Å². The van der Waals surface area contributed by atoms with Gasteiger partial charge in [-0.15, -0.1) is 0 Å². The highest BCUT2D eigenvalue weighted by molar-refractivity contribution is 7.92. The van der Waals surface area contributed by atoms with E-state index < -0.39 is 10.0 Å². The monoisotopic (exact) mass is 470 g/mol. The maximum atomic E-state index is 13.1. The highest BCUT2D eigenvalue weighted by Gasteiger charge is 2.22. The maximum Gasteiger partial charge on any atom is 0.264 e. The van der Waals surface area contributed by atoms with Crippen molar-refractivity contribution in [3.63, 3.8) is 0 Å². The van der Waals surface area contributed by atoms with Gasteiger partial charge in [0.2, 0.25) is 0 Å². The Balaban J connectivity index is 1.55. The SMILES string of the molecule is Cc1ccc(S(=O)(=O)N(C)c2ccc(C(=O)NC(c3ccccc3)c3ccccc3)cc2)cc1. The molecule has 0 fully saturated rings. The third kappa shape index (κ3) is 5.02. The Bertz CT molecular complexity index is 1310. The van der Waals surface area contributed by atoms with Gasteiger partial charge in [0.05, 0.1) is 16.6 Å². The molecule has 1 amide bonds. The Morgan fingerprint density at radius 2 is 1.24 bits per heavy atom. The number of nitrogens with one attached hydrogen (secondary N) is 1. The Hall–Kier alpha value is -3.90. The van der Waals surface area contributed by atoms with Gasteiger partial charge in [-0.3, -0.25) is 9.10 Å². The van der Waals surface area contributed by atoms with Crippen LogP contribution in [0.4, 0.5) is 5.69 Å². The summed E-state index contributed by atoms with van der Waals surface area (Å²) in [4.78, 5) is 13.3. The average Bonchev–Trinajstić information content (AvgIpc) is 2.88. The minimum atomic E-state index is -3.70. The first-order valence-corrected chi connectivity index (χ1v) is 12.4. The first-order valence-electron chi connectivity index (χ1n) is 10.9. The molecule has 172 valence electrons. The van der Waals surface area contributed by atoms with E-state index in [1.807, 2.05) is 67.6 Å². The lowest BCUT2D eigenvalue weighted by Crippen LogP contribution is -2.29. The van der Waals surface area contributed by atoms with Gasteiger partial charge in [-0.05, 0) is 54.4 Å². The van der Waals surface area contributed by atoms with Gasteiger partial charge in [-0.25, -0.2) is 8.42 Å². The van der Waals surface area contributed by atoms with Gasteiger partial charge in [0.1, 0.15) is 0 Å². The molecular formula is C28H26N2O3S. The molecular weight excluding hydrogens is 444 g/mol. The van der Waals surface area contributed by atoms with Crippen molar-refractivity contribution in [1.29, 1.82) is 0 Å². The molecule has 5 nitrogen and oxygen atoms in total. The molecule has 0 radical (unpaired) electrons. The second-order valence-electron chi connectivity index (χ2n) is 8.06. The summed E-state index contributed by atoms with van der Waals surface area (Å²) < 4.78 is 27.2. The van der Waals surface area contributed by atoms with E-state index in [-0.39, 0.29) is 16.8 Å². The number of aryl methyl sites for hydroxylation is 1. The predicted octanol–water partition coefficient (Wildman–Crippen LogP) is 5.34. The number of nitrogens with zero attached hydrogens (tertiary/aromatic N) is 1. The van der Waals surface area contributed by atoms with Gasteiger partial charge in [0.15, 0.2) is 0 Å². The molecule has 0 atom stereocenters. The minimum absolute atomic E-state index is 0.219. The normalized spacial score (nSPS) is 11.3. The van der Waals surface area contributed by atoms with Gasteiger partial charge < -0.3 is 5.32 Å². The Morgan fingerprint density at radius 3 is 1.74 bits per heavy atom. The van der Waals surface area contributed by atoms with E-state index >= 15 is 0 Å². The molecule has 0 heterocycles. The summed E-state index contributed by atoms with van der Waals surface area (Å²) in [5.74, 6) is -0.242. The second kappa shape index (κ2) is 9.93. The van der Waals surface area contributed by atoms with Gasteiger partial charge in [-0.2, -0.15) is 0 Å². The zero-order valence-electron chi connectivity index (χ0n) is 19.0. The molecule has 0 saturated carbocycles. The number of hydrogen-bond acceptors (Lipinski definition) is 3. The van der Waals surface area contributed by atoms with Crippen molar-refractivity contribution in [1.82, 2.24) is 5.32 Å². The fourth-order valence-corrected chi connectivity index (χ4v) is 4.89. The number of anilines is 1. The number of amides is 1. The number of carbonyl (C=O) groups is 1. The molecule has 4 aromatic rings. The van der Waals surface area contributed by atoms with E-state index in [0.717, 1.165) is 16.7 Å². The highest BCUT2D eigenvalue weighted by atomic mass is 32.2. The van der Waals surface area contributed by atoms with Crippen molar-refractivity contribution in [3.8, 4) is 0 Å². The smallest absolute Gasteiger partial charge is 0.264 e. The number of hydrogen-bond donors (Lipinski definition) is 1. The third-order valence-electron chi connectivity index (χ3n) is 5.71. The number of sulfonamides is 1. The van der Waals surface area contributed by atoms with Crippen LogP contribution >= 0.6 is 0 Å². The fraction of sp³-hybridized carbons (Fsp3) is 0.107. The van der Waals surface area contributed by atoms with E-state index in [1.165, 1.54) is 11.4 Å². The van der Waals surface area contributed by atoms with Crippen LogP contribution in [0.3, 0.4) is 0 Å². The van der Waals surface area contributed by atoms with Gasteiger partial charge >= 0.3 is 0 Å². The van der Waals surface area contributed by atoms with Crippen molar-refractivity contribution in [2.45, 2.75) is 17.9 Å². The summed E-state index contributed by atoms with van der Waals surface area (Å²) in [6.45, 7) is 1.91. The number of rotatable bonds is 7. The van der Waals surface area contributed by atoms with Gasteiger partial charge in [-0.1, -0.05) is 78.4 Å². The van der Waals surface area contributed by atoms with Crippen LogP contribution in [0, 0.1) is 6.92 Å². The fourth-order valence-electron chi connectivity index (χ4n) is 3.69. The van der Waals surface area contributed by atoms with Crippen LogP contribution in [0.1, 0.15) is 33.1 Å². The molecule has 1 N–H and O–H groups in total. The minimum Gasteiger partial charge on any atom is -0.341 e. The summed E-state index contributed by atoms with van der Waals surface area (Å²) in [6.07, 6.45) is 0. The summed E-state index contributed by atoms with van der Waals surface area (Å²) in [7, 11) is -2.20. The largest absolute Gasteiger partial charge is 0.341 e. The summed E-state index contributed by atoms with van der Waals surface area (Å²) >= 11 is 0. The molecule has 0 saturated heterocycles. The molecule has 0 aliphatic carbocycles. The van der Waals surface area contributed by atoms with Crippen molar-refractivity contribution < 1.29 is 13.2 Å². The maximum absolute atomic E-state index is 13.1. The zero-order valence-corrected chi connectivity index (χ0v) is 19.9. The quantitative estimate of drug-likeness (QED) is 0.397. The topological polar surface area (TPSA) is 66.5 Å². The van der Waals surface area contributed by atoms with Crippen LogP contribution in [0.25, 0.3) is 0 Å². The first kappa shape index (κ1) is 23.3. The molecule has 0 aliphatic heterocycles. The van der Waals surface area contributed by atoms with Crippen molar-refractivity contribution in [2.24, 2.45) is 0 Å². The lowest BCUT2D eigenvalue weighted by molar-refractivity contribution is 0.0943. The Kier molecular flexibility index (Phi) is 6.80. The molecule has 4 aromatic carbocycles. The third-order valence-corrected chi connectivity index (χ3v) is 7.51. The first-order chi connectivity index (χ1) is 16.4. The van der Waals surface area contributed by atoms with Crippen LogP contribution in [0.15, 0.2) is 114 Å². The molecule has 0 aromatic heterocycles. The van der Waals surface area contributed by atoms with E-state index in [0.29, 0.717) is 11.3 Å². The summed E-state index contributed by atoms with van der Waals surface area (Å²) in [5.41, 5.74) is 3.85. The van der Waals surface area contributed by atoms with Crippen molar-refractivity contribution in [3.05, 3.63) is 131 Å². The molecule has 4 rings (SSSR count). The van der Waals surface area contributed by atoms with Crippen LogP contribution in [-0.4, -0.2) is 21.4 Å². The van der Waals surface area contributed by atoms with Crippen molar-refractivity contribution >= 4 is 21.6 Å². The van der Waals surface area contributed by atoms with Crippen LogP contribution in [0.2, 0.25) is 0 Å². The lowest BCUT2D eigenvalue weighted by atomic mass is 9.98. The molecule has 0 spiro atoms. The number of carbonyl (C=O) groups excluding carboxylic acids is 1. The molecule has 0 aliphatic rings. The Labute approximate surface area is 200 Å². The van der Waals surface area contributed by atoms with Crippen molar-refractivity contribution in [2.75, 3.05) is 11.4 Å². The molecule has 0 bridgehead atoms. The molecule has 34 heavy (non-hydrogen) atoms. The van der Waals surface area contributed by atoms with E-state index in [4.69, 9.17) is 0 Å². The average molecular weight is 471 g/mol. The summed E-state index contributed by atoms with van der Waals surface area (Å²) in [5, 5.41) is 3.11. The zero-order chi connectivity index (χ0) is 24.1. The number of benzene rings is 4. The predicted molar refractivity (Wildman–Crippen MR) is 135 cm³/mol. The van der Waals surface area contributed by atoms with E-state index in [9.17, 15) is 13.2 Å². The molecule has 6 heteroatoms. The highest BCUT2D eigenvalue weighted by Crippen LogP contribution is 2.25. The lowest BCUT2D eigenvalue weighted by Gasteiger charge is -2.21. The molecule has 0 unspecified atom stereocenters. The summed E-state index contributed by atoms with van der Waals surface area (Å²) in [6, 6.07) is 32.5.